The van der Waals surface area contributed by atoms with Gasteiger partial charge in [0.05, 0.1) is 5.37 Å². The second-order valence-electron chi connectivity index (χ2n) is 2.09. The predicted octanol–water partition coefficient (Wildman–Crippen LogP) is 3.11. The van der Waals surface area contributed by atoms with Crippen molar-refractivity contribution in [3.63, 3.8) is 0 Å². The molecule has 0 aromatic heterocycles. The molecule has 1 nitrogen and oxygen atoms in total. The van der Waals surface area contributed by atoms with Crippen molar-refractivity contribution in [1.82, 2.24) is 5.32 Å². The molecule has 1 N–H and O–H groups in total. The third kappa shape index (κ3) is 10.3. The molecule has 0 saturated carbocycles. The van der Waals surface area contributed by atoms with E-state index in [0.717, 1.165) is 6.54 Å². The van der Waals surface area contributed by atoms with Gasteiger partial charge in [-0.05, 0) is 25.6 Å². The molecule has 0 bridgehead atoms. The van der Waals surface area contributed by atoms with Crippen molar-refractivity contribution in [3.05, 3.63) is 0 Å². The Hall–Kier alpha value is 0.310. The van der Waals surface area contributed by atoms with Crippen LogP contribution in [0.1, 0.15) is 40.5 Å². The van der Waals surface area contributed by atoms with Crippen LogP contribution in [0.25, 0.3) is 0 Å². The molecular weight excluding hydrogens is 154 g/mol. The number of nitrogens with one attached hydrogen (secondary N) is 1. The second-order valence-corrected chi connectivity index (χ2v) is 3.13. The van der Waals surface area contributed by atoms with Gasteiger partial charge in [0.1, 0.15) is 0 Å². The van der Waals surface area contributed by atoms with Gasteiger partial charge in [0.15, 0.2) is 0 Å². The quantitative estimate of drug-likeness (QED) is 0.648. The SMILES string of the molecule is CC.CCCNC(CC)SC. The monoisotopic (exact) mass is 177 g/mol. The topological polar surface area (TPSA) is 12.0 Å². The van der Waals surface area contributed by atoms with Gasteiger partial charge in [-0.15, -0.1) is 11.8 Å². The molecule has 0 heterocycles. The van der Waals surface area contributed by atoms with Crippen LogP contribution in [-0.2, 0) is 0 Å². The molecule has 1 atom stereocenters. The van der Waals surface area contributed by atoms with Crippen LogP contribution < -0.4 is 5.32 Å². The van der Waals surface area contributed by atoms with Crippen molar-refractivity contribution in [3.8, 4) is 0 Å². The Morgan fingerprint density at radius 3 is 2.09 bits per heavy atom. The highest BCUT2D eigenvalue weighted by Gasteiger charge is 1.98. The Morgan fingerprint density at radius 2 is 1.82 bits per heavy atom. The van der Waals surface area contributed by atoms with E-state index in [4.69, 9.17) is 0 Å². The lowest BCUT2D eigenvalue weighted by Gasteiger charge is -2.12. The van der Waals surface area contributed by atoms with Crippen LogP contribution in [0.15, 0.2) is 0 Å². The van der Waals surface area contributed by atoms with Gasteiger partial charge in [-0.2, -0.15) is 0 Å². The Labute approximate surface area is 76.3 Å². The standard InChI is InChI=1S/C7H17NS.C2H6/c1-4-6-8-7(5-2)9-3;1-2/h7-8H,4-6H2,1-3H3;1-2H3. The average molecular weight is 177 g/mol. The number of hydrogen-bond donors (Lipinski definition) is 1. The van der Waals surface area contributed by atoms with Crippen LogP contribution in [0.4, 0.5) is 0 Å². The first-order valence-corrected chi connectivity index (χ1v) is 5.90. The Morgan fingerprint density at radius 1 is 1.27 bits per heavy atom. The predicted molar refractivity (Wildman–Crippen MR) is 57.2 cm³/mol. The fourth-order valence-electron chi connectivity index (χ4n) is 0.700. The summed E-state index contributed by atoms with van der Waals surface area (Å²) in [4.78, 5) is 0. The second kappa shape index (κ2) is 12.9. The van der Waals surface area contributed by atoms with E-state index in [-0.39, 0.29) is 0 Å². The normalized spacial score (nSPS) is 11.7. The van der Waals surface area contributed by atoms with Crippen molar-refractivity contribution in [1.29, 1.82) is 0 Å². The molecule has 2 heteroatoms. The zero-order chi connectivity index (χ0) is 9.11. The van der Waals surface area contributed by atoms with E-state index in [1.165, 1.54) is 12.8 Å². The molecule has 1 unspecified atom stereocenters. The van der Waals surface area contributed by atoms with Crippen molar-refractivity contribution in [2.45, 2.75) is 45.9 Å². The van der Waals surface area contributed by atoms with Crippen LogP contribution in [0, 0.1) is 0 Å². The van der Waals surface area contributed by atoms with E-state index in [1.807, 2.05) is 25.6 Å². The van der Waals surface area contributed by atoms with Crippen LogP contribution in [-0.4, -0.2) is 18.2 Å². The number of thioether (sulfide) groups is 1. The maximum Gasteiger partial charge on any atom is 0.0526 e. The first-order valence-electron chi connectivity index (χ1n) is 4.61. The lowest BCUT2D eigenvalue weighted by atomic mass is 10.4. The molecule has 0 fully saturated rings. The molecule has 0 spiro atoms. The van der Waals surface area contributed by atoms with E-state index in [9.17, 15) is 0 Å². The Bertz CT molecular complexity index is 53.5. The molecule has 0 aromatic rings. The molecule has 0 rings (SSSR count). The summed E-state index contributed by atoms with van der Waals surface area (Å²) >= 11 is 1.90. The minimum atomic E-state index is 0.671. The zero-order valence-corrected chi connectivity index (χ0v) is 9.42. The summed E-state index contributed by atoms with van der Waals surface area (Å²) in [5.41, 5.74) is 0. The van der Waals surface area contributed by atoms with Crippen LogP contribution in [0.5, 0.6) is 0 Å². The van der Waals surface area contributed by atoms with E-state index in [0.29, 0.717) is 5.37 Å². The maximum absolute atomic E-state index is 3.43. The first kappa shape index (κ1) is 13.9. The van der Waals surface area contributed by atoms with Crippen molar-refractivity contribution < 1.29 is 0 Å². The highest BCUT2D eigenvalue weighted by molar-refractivity contribution is 7.99. The summed E-state index contributed by atoms with van der Waals surface area (Å²) in [5, 5.41) is 4.10. The lowest BCUT2D eigenvalue weighted by molar-refractivity contribution is 0.625. The first-order chi connectivity index (χ1) is 5.35. The smallest absolute Gasteiger partial charge is 0.0526 e. The average Bonchev–Trinajstić information content (AvgIpc) is 2.10. The van der Waals surface area contributed by atoms with Gasteiger partial charge >= 0.3 is 0 Å². The summed E-state index contributed by atoms with van der Waals surface area (Å²) < 4.78 is 0. The van der Waals surface area contributed by atoms with E-state index in [1.54, 1.807) is 0 Å². The van der Waals surface area contributed by atoms with E-state index >= 15 is 0 Å². The highest BCUT2D eigenvalue weighted by Crippen LogP contribution is 2.05. The molecule has 0 aliphatic carbocycles. The maximum atomic E-state index is 3.43. The van der Waals surface area contributed by atoms with Gasteiger partial charge in [-0.1, -0.05) is 27.7 Å². The van der Waals surface area contributed by atoms with Crippen molar-refractivity contribution in [2.24, 2.45) is 0 Å². The molecule has 0 amide bonds. The van der Waals surface area contributed by atoms with Gasteiger partial charge in [0.25, 0.3) is 0 Å². The third-order valence-corrected chi connectivity index (χ3v) is 2.35. The molecule has 70 valence electrons. The third-order valence-electron chi connectivity index (χ3n) is 1.28. The molecule has 0 aliphatic heterocycles. The van der Waals surface area contributed by atoms with Crippen LogP contribution in [0.2, 0.25) is 0 Å². The summed E-state index contributed by atoms with van der Waals surface area (Å²) in [5.74, 6) is 0. The number of hydrogen-bond acceptors (Lipinski definition) is 2. The summed E-state index contributed by atoms with van der Waals surface area (Å²) in [6.07, 6.45) is 4.61. The summed E-state index contributed by atoms with van der Waals surface area (Å²) in [6.45, 7) is 9.56. The van der Waals surface area contributed by atoms with Gasteiger partial charge < -0.3 is 5.32 Å². The molecule has 11 heavy (non-hydrogen) atoms. The summed E-state index contributed by atoms with van der Waals surface area (Å²) in [6, 6.07) is 0. The fraction of sp³-hybridized carbons (Fsp3) is 1.00. The van der Waals surface area contributed by atoms with Crippen molar-refractivity contribution >= 4 is 11.8 Å². The largest absolute Gasteiger partial charge is 0.305 e. The minimum Gasteiger partial charge on any atom is -0.305 e. The van der Waals surface area contributed by atoms with Crippen LogP contribution in [0.3, 0.4) is 0 Å². The van der Waals surface area contributed by atoms with Crippen LogP contribution >= 0.6 is 11.8 Å². The van der Waals surface area contributed by atoms with Gasteiger partial charge in [0, 0.05) is 0 Å². The molecule has 0 saturated heterocycles. The minimum absolute atomic E-state index is 0.671. The fourth-order valence-corrected chi connectivity index (χ4v) is 1.32. The molecule has 0 aromatic carbocycles. The number of rotatable bonds is 5. The van der Waals surface area contributed by atoms with Crippen molar-refractivity contribution in [2.75, 3.05) is 12.8 Å². The van der Waals surface area contributed by atoms with E-state index < -0.39 is 0 Å². The Balaban J connectivity index is 0. The highest BCUT2D eigenvalue weighted by atomic mass is 32.2. The van der Waals surface area contributed by atoms with Gasteiger partial charge in [-0.25, -0.2) is 0 Å². The zero-order valence-electron chi connectivity index (χ0n) is 8.61. The van der Waals surface area contributed by atoms with E-state index in [2.05, 4.69) is 25.4 Å². The molecule has 0 aliphatic rings. The molecular formula is C9H23NS. The lowest BCUT2D eigenvalue weighted by Crippen LogP contribution is -2.25. The van der Waals surface area contributed by atoms with Gasteiger partial charge in [0.2, 0.25) is 0 Å². The van der Waals surface area contributed by atoms with Gasteiger partial charge in [-0.3, -0.25) is 0 Å². The Kier molecular flexibility index (Phi) is 16.3. The molecule has 0 radical (unpaired) electrons. The summed E-state index contributed by atoms with van der Waals surface area (Å²) in [7, 11) is 0.